The molecular formula is C16H22N2OS. The number of benzene rings is 1. The first-order valence-corrected chi connectivity index (χ1v) is 7.76. The molecule has 20 heavy (non-hydrogen) atoms. The van der Waals surface area contributed by atoms with Gasteiger partial charge in [-0.3, -0.25) is 4.79 Å². The Bertz CT molecular complexity index is 618. The minimum absolute atomic E-state index is 0.0953. The number of nitrogens with zero attached hydrogens (tertiary/aromatic N) is 1. The van der Waals surface area contributed by atoms with E-state index in [0.717, 1.165) is 27.1 Å². The highest BCUT2D eigenvalue weighted by Crippen LogP contribution is 2.28. The van der Waals surface area contributed by atoms with Crippen LogP contribution in [-0.2, 0) is 0 Å². The summed E-state index contributed by atoms with van der Waals surface area (Å²) >= 11 is 1.53. The van der Waals surface area contributed by atoms with Crippen LogP contribution in [0, 0.1) is 5.92 Å². The van der Waals surface area contributed by atoms with E-state index in [1.807, 2.05) is 36.2 Å². The molecule has 1 heterocycles. The second kappa shape index (κ2) is 5.83. The topological polar surface area (TPSA) is 46.3 Å². The normalized spacial score (nSPS) is 12.8. The quantitative estimate of drug-likeness (QED) is 0.865. The highest BCUT2D eigenvalue weighted by molar-refractivity contribution is 7.20. The van der Waals surface area contributed by atoms with Crippen LogP contribution in [-0.4, -0.2) is 23.9 Å². The fourth-order valence-electron chi connectivity index (χ4n) is 2.38. The first kappa shape index (κ1) is 14.9. The van der Waals surface area contributed by atoms with Crippen molar-refractivity contribution in [2.45, 2.75) is 33.2 Å². The molecule has 0 saturated carbocycles. The summed E-state index contributed by atoms with van der Waals surface area (Å²) in [5, 5.41) is 1.04. The molecule has 0 fully saturated rings. The van der Waals surface area contributed by atoms with Gasteiger partial charge in [0.1, 0.15) is 0 Å². The molecule has 1 unspecified atom stereocenters. The molecular weight excluding hydrogens is 268 g/mol. The van der Waals surface area contributed by atoms with Gasteiger partial charge in [-0.15, -0.1) is 11.3 Å². The van der Waals surface area contributed by atoms with Crippen molar-refractivity contribution in [1.82, 2.24) is 4.90 Å². The number of anilines is 1. The molecule has 2 aromatic rings. The van der Waals surface area contributed by atoms with Crippen molar-refractivity contribution >= 4 is 33.0 Å². The molecule has 0 aliphatic heterocycles. The number of hydrogen-bond acceptors (Lipinski definition) is 3. The van der Waals surface area contributed by atoms with Crippen LogP contribution in [0.1, 0.15) is 36.9 Å². The van der Waals surface area contributed by atoms with Crippen LogP contribution in [0.5, 0.6) is 0 Å². The lowest BCUT2D eigenvalue weighted by molar-refractivity contribution is 0.0733. The first-order valence-electron chi connectivity index (χ1n) is 6.94. The molecule has 0 bridgehead atoms. The monoisotopic (exact) mass is 290 g/mol. The SMILES string of the molecule is CC(C)CC(C)N(C)C(=O)c1cc2cc(N)ccc2s1. The Labute approximate surface area is 124 Å². The predicted molar refractivity (Wildman–Crippen MR) is 87.2 cm³/mol. The highest BCUT2D eigenvalue weighted by Gasteiger charge is 2.20. The van der Waals surface area contributed by atoms with Crippen LogP contribution < -0.4 is 5.73 Å². The maximum atomic E-state index is 12.5. The molecule has 0 spiro atoms. The van der Waals surface area contributed by atoms with Gasteiger partial charge in [-0.1, -0.05) is 13.8 Å². The summed E-state index contributed by atoms with van der Waals surface area (Å²) in [4.78, 5) is 15.1. The molecule has 0 saturated heterocycles. The van der Waals surface area contributed by atoms with Gasteiger partial charge in [0.25, 0.3) is 5.91 Å². The fourth-order valence-corrected chi connectivity index (χ4v) is 3.41. The first-order chi connectivity index (χ1) is 9.38. The standard InChI is InChI=1S/C16H22N2OS/c1-10(2)7-11(3)18(4)16(19)15-9-12-8-13(17)5-6-14(12)20-15/h5-6,8-11H,7,17H2,1-4H3. The number of fused-ring (bicyclic) bond motifs is 1. The van der Waals surface area contributed by atoms with Gasteiger partial charge in [-0.2, -0.15) is 0 Å². The third-order valence-corrected chi connectivity index (χ3v) is 4.65. The van der Waals surface area contributed by atoms with Gasteiger partial charge in [-0.25, -0.2) is 0 Å². The summed E-state index contributed by atoms with van der Waals surface area (Å²) < 4.78 is 1.10. The molecule has 4 heteroatoms. The second-order valence-electron chi connectivity index (χ2n) is 5.80. The Kier molecular flexibility index (Phi) is 4.33. The van der Waals surface area contributed by atoms with Gasteiger partial charge in [0.15, 0.2) is 0 Å². The molecule has 0 radical (unpaired) electrons. The smallest absolute Gasteiger partial charge is 0.263 e. The number of nitrogens with two attached hydrogens (primary N) is 1. The average molecular weight is 290 g/mol. The number of carbonyl (C=O) groups excluding carboxylic acids is 1. The van der Waals surface area contributed by atoms with Crippen molar-refractivity contribution < 1.29 is 4.79 Å². The fraction of sp³-hybridized carbons (Fsp3) is 0.438. The lowest BCUT2D eigenvalue weighted by Gasteiger charge is -2.25. The molecule has 3 nitrogen and oxygen atoms in total. The molecule has 1 aromatic carbocycles. The Morgan fingerprint density at radius 3 is 2.65 bits per heavy atom. The largest absolute Gasteiger partial charge is 0.399 e. The molecule has 2 rings (SSSR count). The highest BCUT2D eigenvalue weighted by atomic mass is 32.1. The summed E-state index contributed by atoms with van der Waals surface area (Å²) in [6, 6.07) is 7.96. The molecule has 0 aliphatic carbocycles. The van der Waals surface area contributed by atoms with E-state index in [9.17, 15) is 4.79 Å². The maximum absolute atomic E-state index is 12.5. The van der Waals surface area contributed by atoms with E-state index in [1.54, 1.807) is 0 Å². The molecule has 0 aliphatic rings. The number of amides is 1. The van der Waals surface area contributed by atoms with Crippen molar-refractivity contribution in [1.29, 1.82) is 0 Å². The summed E-state index contributed by atoms with van der Waals surface area (Å²) in [7, 11) is 1.88. The van der Waals surface area contributed by atoms with Gasteiger partial charge in [0, 0.05) is 23.5 Å². The van der Waals surface area contributed by atoms with Gasteiger partial charge >= 0.3 is 0 Å². The van der Waals surface area contributed by atoms with E-state index in [2.05, 4.69) is 20.8 Å². The molecule has 108 valence electrons. The molecule has 1 atom stereocenters. The van der Waals surface area contributed by atoms with E-state index < -0.39 is 0 Å². The van der Waals surface area contributed by atoms with Crippen molar-refractivity contribution in [2.24, 2.45) is 5.92 Å². The summed E-state index contributed by atoms with van der Waals surface area (Å²) in [5.41, 5.74) is 6.51. The van der Waals surface area contributed by atoms with Crippen molar-refractivity contribution in [3.63, 3.8) is 0 Å². The zero-order chi connectivity index (χ0) is 14.9. The molecule has 2 N–H and O–H groups in total. The van der Waals surface area contributed by atoms with Crippen molar-refractivity contribution in [3.8, 4) is 0 Å². The van der Waals surface area contributed by atoms with Crippen LogP contribution >= 0.6 is 11.3 Å². The maximum Gasteiger partial charge on any atom is 0.263 e. The summed E-state index contributed by atoms with van der Waals surface area (Å²) in [6.07, 6.45) is 1.01. The van der Waals surface area contributed by atoms with E-state index >= 15 is 0 Å². The van der Waals surface area contributed by atoms with Gasteiger partial charge in [0.05, 0.1) is 4.88 Å². The summed E-state index contributed by atoms with van der Waals surface area (Å²) in [5.74, 6) is 0.681. The van der Waals surface area contributed by atoms with Gasteiger partial charge < -0.3 is 10.6 Å². The van der Waals surface area contributed by atoms with Crippen LogP contribution in [0.3, 0.4) is 0 Å². The van der Waals surface area contributed by atoms with E-state index in [-0.39, 0.29) is 11.9 Å². The lowest BCUT2D eigenvalue weighted by atomic mass is 10.0. The predicted octanol–water partition coefficient (Wildman–Crippen LogP) is 3.99. The minimum atomic E-state index is 0.0953. The molecule has 1 amide bonds. The Morgan fingerprint density at radius 1 is 1.30 bits per heavy atom. The zero-order valence-electron chi connectivity index (χ0n) is 12.5. The third kappa shape index (κ3) is 3.12. The van der Waals surface area contributed by atoms with Gasteiger partial charge in [-0.05, 0) is 48.9 Å². The lowest BCUT2D eigenvalue weighted by Crippen LogP contribution is -2.35. The van der Waals surface area contributed by atoms with Crippen LogP contribution in [0.4, 0.5) is 5.69 Å². The third-order valence-electron chi connectivity index (χ3n) is 3.55. The van der Waals surface area contributed by atoms with E-state index in [1.165, 1.54) is 11.3 Å². The summed E-state index contributed by atoms with van der Waals surface area (Å²) in [6.45, 7) is 6.46. The van der Waals surface area contributed by atoms with Gasteiger partial charge in [0.2, 0.25) is 0 Å². The molecule has 1 aromatic heterocycles. The Hall–Kier alpha value is -1.55. The number of nitrogen functional groups attached to an aromatic ring is 1. The van der Waals surface area contributed by atoms with E-state index in [4.69, 9.17) is 5.73 Å². The van der Waals surface area contributed by atoms with Crippen LogP contribution in [0.25, 0.3) is 10.1 Å². The number of carbonyl (C=O) groups is 1. The zero-order valence-corrected chi connectivity index (χ0v) is 13.3. The average Bonchev–Trinajstić information content (AvgIpc) is 2.78. The van der Waals surface area contributed by atoms with Crippen molar-refractivity contribution in [3.05, 3.63) is 29.1 Å². The Balaban J connectivity index is 2.22. The minimum Gasteiger partial charge on any atom is -0.399 e. The van der Waals surface area contributed by atoms with Crippen LogP contribution in [0.15, 0.2) is 24.3 Å². The number of rotatable bonds is 4. The van der Waals surface area contributed by atoms with Crippen LogP contribution in [0.2, 0.25) is 0 Å². The Morgan fingerprint density at radius 2 is 2.00 bits per heavy atom. The van der Waals surface area contributed by atoms with E-state index in [0.29, 0.717) is 5.92 Å². The number of thiophene rings is 1. The van der Waals surface area contributed by atoms with Crippen molar-refractivity contribution in [2.75, 3.05) is 12.8 Å². The second-order valence-corrected chi connectivity index (χ2v) is 6.89. The number of hydrogen-bond donors (Lipinski definition) is 1.